The second kappa shape index (κ2) is 12.2. The molecular weight excluding hydrogens is 489 g/mol. The molecule has 0 unspecified atom stereocenters. The van der Waals surface area contributed by atoms with E-state index in [-0.39, 0.29) is 49.0 Å². The Morgan fingerprint density at radius 1 is 1.31 bits per heavy atom. The molecule has 3 N–H and O–H groups in total. The summed E-state index contributed by atoms with van der Waals surface area (Å²) in [4.78, 5) is 29.7. The van der Waals surface area contributed by atoms with Crippen LogP contribution in [-0.2, 0) is 4.79 Å². The first-order valence-corrected chi connectivity index (χ1v) is 9.45. The van der Waals surface area contributed by atoms with E-state index >= 15 is 0 Å². The van der Waals surface area contributed by atoms with E-state index in [1.165, 1.54) is 4.90 Å². The molecule has 0 spiro atoms. The van der Waals surface area contributed by atoms with Crippen molar-refractivity contribution in [2.75, 3.05) is 38.5 Å². The molecule has 0 aliphatic carbocycles. The van der Waals surface area contributed by atoms with E-state index in [0.29, 0.717) is 12.5 Å². The topological polar surface area (TPSA) is 85.8 Å². The highest BCUT2D eigenvalue weighted by Gasteiger charge is 2.27. The van der Waals surface area contributed by atoms with Gasteiger partial charge in [-0.15, -0.1) is 35.7 Å². The third kappa shape index (κ3) is 7.58. The number of nitrogens with zero attached hydrogens (tertiary/aromatic N) is 2. The van der Waals surface area contributed by atoms with Crippen LogP contribution >= 0.6 is 47.3 Å². The molecule has 0 radical (unpaired) electrons. The summed E-state index contributed by atoms with van der Waals surface area (Å²) >= 11 is 7.59. The molecule has 0 aromatic heterocycles. The molecule has 1 aromatic carbocycles. The molecule has 0 saturated carbocycles. The molecule has 0 atom stereocenters. The first-order chi connectivity index (χ1) is 12.1. The molecule has 144 valence electrons. The summed E-state index contributed by atoms with van der Waals surface area (Å²) in [5.74, 6) is 1.34. The van der Waals surface area contributed by atoms with E-state index in [4.69, 9.17) is 11.6 Å². The number of urea groups is 1. The van der Waals surface area contributed by atoms with Gasteiger partial charge in [0.15, 0.2) is 5.96 Å². The van der Waals surface area contributed by atoms with Crippen LogP contribution in [0, 0.1) is 0 Å². The molecule has 10 heteroatoms. The second-order valence-corrected chi connectivity index (χ2v) is 6.80. The number of rotatable bonds is 8. The van der Waals surface area contributed by atoms with Crippen LogP contribution < -0.4 is 16.0 Å². The van der Waals surface area contributed by atoms with Crippen molar-refractivity contribution in [1.82, 2.24) is 20.9 Å². The Balaban J connectivity index is 0.00000338. The SMILES string of the molecule is CCNC(=NCCN1C(=O)CNC1=O)NCCSc1ccc(Cl)cc1.I. The lowest BCUT2D eigenvalue weighted by molar-refractivity contribution is -0.124. The number of hydrogen-bond donors (Lipinski definition) is 3. The van der Waals surface area contributed by atoms with Gasteiger partial charge in [0.1, 0.15) is 0 Å². The first kappa shape index (κ1) is 22.8. The lowest BCUT2D eigenvalue weighted by Crippen LogP contribution is -2.39. The van der Waals surface area contributed by atoms with Gasteiger partial charge in [-0.25, -0.2) is 4.79 Å². The van der Waals surface area contributed by atoms with Crippen LogP contribution in [-0.4, -0.2) is 61.3 Å². The van der Waals surface area contributed by atoms with E-state index in [1.54, 1.807) is 11.8 Å². The van der Waals surface area contributed by atoms with Crippen molar-refractivity contribution in [2.45, 2.75) is 11.8 Å². The summed E-state index contributed by atoms with van der Waals surface area (Å²) in [7, 11) is 0. The van der Waals surface area contributed by atoms with E-state index in [0.717, 1.165) is 28.8 Å². The zero-order valence-electron chi connectivity index (χ0n) is 14.5. The maximum absolute atomic E-state index is 11.5. The van der Waals surface area contributed by atoms with E-state index in [2.05, 4.69) is 20.9 Å². The number of nitrogens with one attached hydrogen (secondary N) is 3. The van der Waals surface area contributed by atoms with Crippen LogP contribution in [0.25, 0.3) is 0 Å². The molecule has 0 bridgehead atoms. The zero-order chi connectivity index (χ0) is 18.1. The average Bonchev–Trinajstić information content (AvgIpc) is 2.92. The highest BCUT2D eigenvalue weighted by Crippen LogP contribution is 2.19. The van der Waals surface area contributed by atoms with Crippen LogP contribution in [0.2, 0.25) is 5.02 Å². The summed E-state index contributed by atoms with van der Waals surface area (Å²) in [5, 5.41) is 9.60. The normalized spacial score (nSPS) is 14.1. The molecule has 2 rings (SSSR count). The molecule has 26 heavy (non-hydrogen) atoms. The van der Waals surface area contributed by atoms with Gasteiger partial charge in [-0.2, -0.15) is 0 Å². The highest BCUT2D eigenvalue weighted by atomic mass is 127. The molecule has 7 nitrogen and oxygen atoms in total. The first-order valence-electron chi connectivity index (χ1n) is 8.09. The van der Waals surface area contributed by atoms with Gasteiger partial charge in [0.25, 0.3) is 0 Å². The summed E-state index contributed by atoms with van der Waals surface area (Å²) in [5.41, 5.74) is 0. The van der Waals surface area contributed by atoms with Gasteiger partial charge in [-0.1, -0.05) is 11.6 Å². The molecule has 1 aromatic rings. The van der Waals surface area contributed by atoms with Crippen molar-refractivity contribution in [2.24, 2.45) is 4.99 Å². The summed E-state index contributed by atoms with van der Waals surface area (Å²) in [6, 6.07) is 7.38. The Hall–Kier alpha value is -1.20. The van der Waals surface area contributed by atoms with Gasteiger partial charge in [-0.05, 0) is 31.2 Å². The molecular formula is C16H23ClIN5O2S. The molecule has 3 amide bonds. The van der Waals surface area contributed by atoms with Crippen LogP contribution in [0.4, 0.5) is 4.79 Å². The Labute approximate surface area is 179 Å². The van der Waals surface area contributed by atoms with Gasteiger partial charge < -0.3 is 16.0 Å². The van der Waals surface area contributed by atoms with Crippen LogP contribution in [0.15, 0.2) is 34.2 Å². The largest absolute Gasteiger partial charge is 0.357 e. The van der Waals surface area contributed by atoms with E-state index < -0.39 is 0 Å². The molecule has 1 aliphatic heterocycles. The lowest BCUT2D eigenvalue weighted by atomic mass is 10.4. The molecule has 1 aliphatic rings. The number of imide groups is 1. The Bertz CT molecular complexity index is 614. The number of carbonyl (C=O) groups excluding carboxylic acids is 2. The molecule has 1 heterocycles. The number of amides is 3. The maximum Gasteiger partial charge on any atom is 0.324 e. The fourth-order valence-corrected chi connectivity index (χ4v) is 3.05. The van der Waals surface area contributed by atoms with Gasteiger partial charge in [0.2, 0.25) is 5.91 Å². The summed E-state index contributed by atoms with van der Waals surface area (Å²) < 4.78 is 0. The third-order valence-electron chi connectivity index (χ3n) is 3.35. The van der Waals surface area contributed by atoms with E-state index in [1.807, 2.05) is 31.2 Å². The predicted octanol–water partition coefficient (Wildman–Crippen LogP) is 2.16. The number of thioether (sulfide) groups is 1. The van der Waals surface area contributed by atoms with Gasteiger partial charge in [0, 0.05) is 28.8 Å². The van der Waals surface area contributed by atoms with Crippen LogP contribution in [0.1, 0.15) is 6.92 Å². The number of guanidine groups is 1. The number of hydrogen-bond acceptors (Lipinski definition) is 4. The lowest BCUT2D eigenvalue weighted by Gasteiger charge is -2.13. The number of carbonyl (C=O) groups is 2. The predicted molar refractivity (Wildman–Crippen MR) is 117 cm³/mol. The minimum Gasteiger partial charge on any atom is -0.357 e. The fraction of sp³-hybridized carbons (Fsp3) is 0.438. The standard InChI is InChI=1S/C16H22ClN5O2S.HI/c1-2-18-15(19-7-9-22-14(23)11-21-16(22)24)20-8-10-25-13-5-3-12(17)4-6-13;/h3-6H,2,7-11H2,1H3,(H,21,24)(H2,18,19,20);1H. The number of halogens is 2. The van der Waals surface area contributed by atoms with Crippen molar-refractivity contribution >= 4 is 65.2 Å². The summed E-state index contributed by atoms with van der Waals surface area (Å²) in [6.45, 7) is 4.17. The monoisotopic (exact) mass is 511 g/mol. The maximum atomic E-state index is 11.5. The van der Waals surface area contributed by atoms with Crippen molar-refractivity contribution in [3.05, 3.63) is 29.3 Å². The van der Waals surface area contributed by atoms with Gasteiger partial charge in [0.05, 0.1) is 19.6 Å². The van der Waals surface area contributed by atoms with Gasteiger partial charge in [-0.3, -0.25) is 14.7 Å². The third-order valence-corrected chi connectivity index (χ3v) is 4.62. The summed E-state index contributed by atoms with van der Waals surface area (Å²) in [6.07, 6.45) is 0. The fourth-order valence-electron chi connectivity index (χ4n) is 2.15. The van der Waals surface area contributed by atoms with Crippen LogP contribution in [0.5, 0.6) is 0 Å². The van der Waals surface area contributed by atoms with E-state index in [9.17, 15) is 9.59 Å². The van der Waals surface area contributed by atoms with Crippen LogP contribution in [0.3, 0.4) is 0 Å². The van der Waals surface area contributed by atoms with Crippen molar-refractivity contribution in [3.8, 4) is 0 Å². The number of aliphatic imine (C=N–C) groups is 1. The molecule has 1 saturated heterocycles. The smallest absolute Gasteiger partial charge is 0.324 e. The Kier molecular flexibility index (Phi) is 10.7. The zero-order valence-corrected chi connectivity index (χ0v) is 18.4. The average molecular weight is 512 g/mol. The minimum atomic E-state index is -0.350. The highest BCUT2D eigenvalue weighted by molar-refractivity contribution is 14.0. The van der Waals surface area contributed by atoms with Crippen molar-refractivity contribution in [1.29, 1.82) is 0 Å². The Morgan fingerprint density at radius 3 is 2.65 bits per heavy atom. The van der Waals surface area contributed by atoms with Crippen molar-refractivity contribution < 1.29 is 9.59 Å². The minimum absolute atomic E-state index is 0. The van der Waals surface area contributed by atoms with Gasteiger partial charge >= 0.3 is 6.03 Å². The Morgan fingerprint density at radius 2 is 2.04 bits per heavy atom. The van der Waals surface area contributed by atoms with Crippen molar-refractivity contribution in [3.63, 3.8) is 0 Å². The molecule has 1 fully saturated rings. The second-order valence-electron chi connectivity index (χ2n) is 5.19. The number of benzene rings is 1. The quantitative estimate of drug-likeness (QED) is 0.124.